The number of guanidine groups is 1. The number of hydrogen-bond acceptors (Lipinski definition) is 5. The maximum absolute atomic E-state index is 11.6. The predicted molar refractivity (Wildman–Crippen MR) is 122 cm³/mol. The van der Waals surface area contributed by atoms with Crippen LogP contribution in [-0.4, -0.2) is 48.9 Å². The van der Waals surface area contributed by atoms with Crippen molar-refractivity contribution in [2.75, 3.05) is 26.2 Å². The molecule has 28 heavy (non-hydrogen) atoms. The lowest BCUT2D eigenvalue weighted by Crippen LogP contribution is -2.39. The van der Waals surface area contributed by atoms with E-state index in [4.69, 9.17) is 9.47 Å². The molecule has 0 atom stereocenters. The Labute approximate surface area is 185 Å². The van der Waals surface area contributed by atoms with Gasteiger partial charge in [0, 0.05) is 31.4 Å². The topological polar surface area (TPSA) is 96.9 Å². The normalized spacial score (nSPS) is 11.2. The largest absolute Gasteiger partial charge is 0.478 e. The number of amides is 1. The molecular formula is C19H34IN5O3. The van der Waals surface area contributed by atoms with E-state index >= 15 is 0 Å². The molecule has 0 bridgehead atoms. The van der Waals surface area contributed by atoms with Gasteiger partial charge < -0.3 is 25.4 Å². The fourth-order valence-corrected chi connectivity index (χ4v) is 2.12. The quantitative estimate of drug-likeness (QED) is 0.206. The summed E-state index contributed by atoms with van der Waals surface area (Å²) < 4.78 is 10.7. The van der Waals surface area contributed by atoms with Gasteiger partial charge in [-0.05, 0) is 47.1 Å². The van der Waals surface area contributed by atoms with Crippen molar-refractivity contribution in [1.29, 1.82) is 0 Å². The molecule has 1 heterocycles. The summed E-state index contributed by atoms with van der Waals surface area (Å²) in [6, 6.07) is 3.83. The molecule has 0 radical (unpaired) electrons. The molecule has 1 rings (SSSR count). The Morgan fingerprint density at radius 2 is 1.89 bits per heavy atom. The molecule has 1 aromatic rings. The van der Waals surface area contributed by atoms with Gasteiger partial charge in [0.05, 0.1) is 13.2 Å². The fraction of sp³-hybridized carbons (Fsp3) is 0.632. The van der Waals surface area contributed by atoms with Crippen LogP contribution in [0, 0.1) is 0 Å². The number of nitrogens with zero attached hydrogens (tertiary/aromatic N) is 2. The van der Waals surface area contributed by atoms with Crippen molar-refractivity contribution in [3.63, 3.8) is 0 Å². The van der Waals surface area contributed by atoms with Crippen molar-refractivity contribution in [3.05, 3.63) is 23.9 Å². The Hall–Kier alpha value is -1.78. The summed E-state index contributed by atoms with van der Waals surface area (Å²) in [6.45, 7) is 12.4. The number of nitrogens with one attached hydrogen (secondary N) is 3. The van der Waals surface area contributed by atoms with Crippen LogP contribution in [0.5, 0.6) is 5.88 Å². The standard InChI is InChI=1S/C19H33N5O3.HI/c1-6-20-17(22-12-9-13-23-18(25)27-19(3,4)5)24-14-15-10-8-11-21-16(15)26-7-2;/h8,10-11H,6-7,9,12-14H2,1-5H3,(H,23,25)(H2,20,22,24);1H. The number of halogens is 1. The minimum atomic E-state index is -0.486. The van der Waals surface area contributed by atoms with Gasteiger partial charge in [0.2, 0.25) is 5.88 Å². The van der Waals surface area contributed by atoms with Crippen molar-refractivity contribution in [3.8, 4) is 5.88 Å². The summed E-state index contributed by atoms with van der Waals surface area (Å²) in [5, 5.41) is 9.19. The summed E-state index contributed by atoms with van der Waals surface area (Å²) in [7, 11) is 0. The second kappa shape index (κ2) is 14.3. The van der Waals surface area contributed by atoms with Crippen LogP contribution in [0.15, 0.2) is 23.3 Å². The average Bonchev–Trinajstić information content (AvgIpc) is 2.59. The van der Waals surface area contributed by atoms with Crippen molar-refractivity contribution in [2.45, 2.75) is 53.2 Å². The van der Waals surface area contributed by atoms with Crippen LogP contribution in [-0.2, 0) is 11.3 Å². The van der Waals surface area contributed by atoms with Gasteiger partial charge in [0.25, 0.3) is 0 Å². The van der Waals surface area contributed by atoms with Crippen LogP contribution in [0.1, 0.15) is 46.6 Å². The lowest BCUT2D eigenvalue weighted by atomic mass is 10.2. The number of aromatic nitrogens is 1. The molecule has 0 aromatic carbocycles. The molecule has 8 nitrogen and oxygen atoms in total. The summed E-state index contributed by atoms with van der Waals surface area (Å²) >= 11 is 0. The molecular weight excluding hydrogens is 473 g/mol. The van der Waals surface area contributed by atoms with Gasteiger partial charge in [0.15, 0.2) is 5.96 Å². The Balaban J connectivity index is 0.00000729. The summed E-state index contributed by atoms with van der Waals surface area (Å²) in [5.74, 6) is 1.32. The highest BCUT2D eigenvalue weighted by Gasteiger charge is 2.15. The van der Waals surface area contributed by atoms with Crippen LogP contribution in [0.2, 0.25) is 0 Å². The molecule has 160 valence electrons. The lowest BCUT2D eigenvalue weighted by molar-refractivity contribution is 0.0527. The van der Waals surface area contributed by atoms with E-state index in [1.54, 1.807) is 6.20 Å². The minimum Gasteiger partial charge on any atom is -0.478 e. The Morgan fingerprint density at radius 1 is 1.18 bits per heavy atom. The summed E-state index contributed by atoms with van der Waals surface area (Å²) in [5.41, 5.74) is 0.447. The van der Waals surface area contributed by atoms with E-state index in [9.17, 15) is 4.79 Å². The Kier molecular flexibility index (Phi) is 13.3. The highest BCUT2D eigenvalue weighted by Crippen LogP contribution is 2.15. The molecule has 0 saturated heterocycles. The molecule has 0 unspecified atom stereocenters. The van der Waals surface area contributed by atoms with Crippen LogP contribution >= 0.6 is 24.0 Å². The van der Waals surface area contributed by atoms with Gasteiger partial charge in [-0.3, -0.25) is 0 Å². The highest BCUT2D eigenvalue weighted by atomic mass is 127. The van der Waals surface area contributed by atoms with E-state index in [0.717, 1.165) is 18.5 Å². The number of hydrogen-bond donors (Lipinski definition) is 3. The van der Waals surface area contributed by atoms with Gasteiger partial charge in [-0.2, -0.15) is 0 Å². The van der Waals surface area contributed by atoms with Gasteiger partial charge >= 0.3 is 6.09 Å². The molecule has 1 aromatic heterocycles. The van der Waals surface area contributed by atoms with Crippen molar-refractivity contribution in [1.82, 2.24) is 20.9 Å². The molecule has 0 saturated carbocycles. The first-order valence-corrected chi connectivity index (χ1v) is 9.41. The number of carbonyl (C=O) groups excluding carboxylic acids is 1. The molecule has 9 heteroatoms. The zero-order valence-electron chi connectivity index (χ0n) is 17.5. The SMILES string of the molecule is CCNC(=NCc1cccnc1OCC)NCCCNC(=O)OC(C)(C)C.I. The van der Waals surface area contributed by atoms with E-state index in [2.05, 4.69) is 25.9 Å². The molecule has 1 amide bonds. The Bertz CT molecular complexity index is 605. The maximum atomic E-state index is 11.6. The van der Waals surface area contributed by atoms with E-state index < -0.39 is 11.7 Å². The molecule has 0 spiro atoms. The summed E-state index contributed by atoms with van der Waals surface area (Å²) in [4.78, 5) is 20.4. The van der Waals surface area contributed by atoms with Gasteiger partial charge in [-0.1, -0.05) is 6.07 Å². The molecule has 0 aliphatic carbocycles. The van der Waals surface area contributed by atoms with Crippen LogP contribution < -0.4 is 20.7 Å². The van der Waals surface area contributed by atoms with Crippen molar-refractivity contribution >= 4 is 36.0 Å². The van der Waals surface area contributed by atoms with Crippen LogP contribution in [0.25, 0.3) is 0 Å². The molecule has 0 aliphatic heterocycles. The van der Waals surface area contributed by atoms with Gasteiger partial charge in [-0.25, -0.2) is 14.8 Å². The molecule has 3 N–H and O–H groups in total. The minimum absolute atomic E-state index is 0. The zero-order chi connectivity index (χ0) is 20.1. The van der Waals surface area contributed by atoms with Crippen molar-refractivity contribution in [2.24, 2.45) is 4.99 Å². The third-order valence-corrected chi connectivity index (χ3v) is 3.20. The smallest absolute Gasteiger partial charge is 0.407 e. The van der Waals surface area contributed by atoms with Gasteiger partial charge in [0.1, 0.15) is 5.60 Å². The van der Waals surface area contributed by atoms with E-state index in [0.29, 0.717) is 38.1 Å². The zero-order valence-corrected chi connectivity index (χ0v) is 19.8. The van der Waals surface area contributed by atoms with Crippen LogP contribution in [0.4, 0.5) is 4.79 Å². The second-order valence-electron chi connectivity index (χ2n) is 6.80. The lowest BCUT2D eigenvalue weighted by Gasteiger charge is -2.19. The highest BCUT2D eigenvalue weighted by molar-refractivity contribution is 14.0. The van der Waals surface area contributed by atoms with Crippen LogP contribution in [0.3, 0.4) is 0 Å². The monoisotopic (exact) mass is 507 g/mol. The second-order valence-corrected chi connectivity index (χ2v) is 6.80. The maximum Gasteiger partial charge on any atom is 0.407 e. The first kappa shape index (κ1) is 26.2. The van der Waals surface area contributed by atoms with E-state index in [1.165, 1.54) is 0 Å². The predicted octanol–water partition coefficient (Wildman–Crippen LogP) is 3.07. The number of ether oxygens (including phenoxy) is 2. The first-order chi connectivity index (χ1) is 12.9. The van der Waals surface area contributed by atoms with E-state index in [-0.39, 0.29) is 24.0 Å². The fourth-order valence-electron chi connectivity index (χ4n) is 2.12. The third kappa shape index (κ3) is 11.8. The number of aliphatic imine (C=N–C) groups is 1. The molecule has 0 fully saturated rings. The van der Waals surface area contributed by atoms with Gasteiger partial charge in [-0.15, -0.1) is 24.0 Å². The number of pyridine rings is 1. The number of carbonyl (C=O) groups is 1. The average molecular weight is 507 g/mol. The first-order valence-electron chi connectivity index (χ1n) is 9.41. The number of rotatable bonds is 9. The summed E-state index contributed by atoms with van der Waals surface area (Å²) in [6.07, 6.45) is 2.06. The Morgan fingerprint density at radius 3 is 2.54 bits per heavy atom. The number of alkyl carbamates (subject to hydrolysis) is 1. The third-order valence-electron chi connectivity index (χ3n) is 3.20. The van der Waals surface area contributed by atoms with Crippen molar-refractivity contribution < 1.29 is 14.3 Å². The molecule has 0 aliphatic rings. The van der Waals surface area contributed by atoms with E-state index in [1.807, 2.05) is 46.8 Å².